The summed E-state index contributed by atoms with van der Waals surface area (Å²) < 4.78 is 18.2. The molecule has 0 radical (unpaired) electrons. The van der Waals surface area contributed by atoms with Crippen LogP contribution in [0, 0.1) is 5.82 Å². The van der Waals surface area contributed by atoms with Gasteiger partial charge in [-0.3, -0.25) is 0 Å². The van der Waals surface area contributed by atoms with Crippen molar-refractivity contribution < 1.29 is 19.3 Å². The highest BCUT2D eigenvalue weighted by Crippen LogP contribution is 2.24. The lowest BCUT2D eigenvalue weighted by Crippen LogP contribution is -2.22. The lowest BCUT2D eigenvalue weighted by molar-refractivity contribution is 0.0532. The predicted molar refractivity (Wildman–Crippen MR) is 57.6 cm³/mol. The summed E-state index contributed by atoms with van der Waals surface area (Å²) in [6, 6.07) is 3.65. The van der Waals surface area contributed by atoms with Gasteiger partial charge in [0.25, 0.3) is 0 Å². The van der Waals surface area contributed by atoms with Crippen LogP contribution in [0.3, 0.4) is 0 Å². The summed E-state index contributed by atoms with van der Waals surface area (Å²) in [5.41, 5.74) is 6.20. The highest BCUT2D eigenvalue weighted by Gasteiger charge is 2.11. The summed E-state index contributed by atoms with van der Waals surface area (Å²) in [5.74, 6) is 0.0336. The molecule has 0 aromatic heterocycles. The highest BCUT2D eigenvalue weighted by molar-refractivity contribution is 5.36. The van der Waals surface area contributed by atoms with Crippen molar-refractivity contribution in [3.8, 4) is 5.75 Å². The summed E-state index contributed by atoms with van der Waals surface area (Å²) in [6.45, 7) is 1.28. The van der Waals surface area contributed by atoms with Crippen molar-refractivity contribution in [1.29, 1.82) is 0 Å². The van der Waals surface area contributed by atoms with Crippen molar-refractivity contribution in [2.24, 2.45) is 5.73 Å². The molecule has 0 aliphatic carbocycles. The number of ether oxygens (including phenoxy) is 1. The van der Waals surface area contributed by atoms with E-state index in [1.807, 2.05) is 0 Å². The molecule has 4 nitrogen and oxygen atoms in total. The van der Waals surface area contributed by atoms with Gasteiger partial charge in [0.1, 0.15) is 24.3 Å². The summed E-state index contributed by atoms with van der Waals surface area (Å²) in [4.78, 5) is 0. The first-order valence-electron chi connectivity index (χ1n) is 5.01. The smallest absolute Gasteiger partial charge is 0.124 e. The molecule has 90 valence electrons. The molecule has 0 aliphatic rings. The Bertz CT molecular complexity index is 344. The van der Waals surface area contributed by atoms with Crippen molar-refractivity contribution in [3.63, 3.8) is 0 Å². The summed E-state index contributed by atoms with van der Waals surface area (Å²) in [6.07, 6.45) is -0.953. The molecule has 0 saturated heterocycles. The third-order valence-electron chi connectivity index (χ3n) is 2.10. The Hall–Kier alpha value is -1.17. The van der Waals surface area contributed by atoms with Gasteiger partial charge < -0.3 is 20.7 Å². The molecule has 2 atom stereocenters. The minimum Gasteiger partial charge on any atom is -0.490 e. The molecule has 0 aliphatic heterocycles. The van der Waals surface area contributed by atoms with E-state index in [2.05, 4.69) is 0 Å². The Kier molecular flexibility index (Phi) is 4.67. The molecule has 0 amide bonds. The van der Waals surface area contributed by atoms with Gasteiger partial charge in [0.05, 0.1) is 6.61 Å². The average Bonchev–Trinajstić information content (AvgIpc) is 2.26. The van der Waals surface area contributed by atoms with Gasteiger partial charge in [-0.15, -0.1) is 0 Å². The van der Waals surface area contributed by atoms with Crippen molar-refractivity contribution in [2.45, 2.75) is 19.1 Å². The van der Waals surface area contributed by atoms with Crippen LogP contribution in [0.25, 0.3) is 0 Å². The number of hydrogen-bond acceptors (Lipinski definition) is 4. The van der Waals surface area contributed by atoms with Gasteiger partial charge in [-0.05, 0) is 25.1 Å². The molecular weight excluding hydrogens is 213 g/mol. The standard InChI is InChI=1S/C11H16FNO3/c1-7(13)10-4-8(12)2-3-11(10)16-6-9(15)5-14/h2-4,7,9,14-15H,5-6,13H2,1H3. The SMILES string of the molecule is CC(N)c1cc(F)ccc1OCC(O)CO. The molecule has 1 aromatic carbocycles. The van der Waals surface area contributed by atoms with Gasteiger partial charge in [0.2, 0.25) is 0 Å². The van der Waals surface area contributed by atoms with Crippen LogP contribution < -0.4 is 10.5 Å². The second-order valence-electron chi connectivity index (χ2n) is 3.62. The molecule has 16 heavy (non-hydrogen) atoms. The minimum atomic E-state index is -0.953. The second kappa shape index (κ2) is 5.79. The Labute approximate surface area is 93.5 Å². The van der Waals surface area contributed by atoms with Crippen LogP contribution >= 0.6 is 0 Å². The van der Waals surface area contributed by atoms with Crippen LogP contribution in [0.4, 0.5) is 4.39 Å². The van der Waals surface area contributed by atoms with E-state index < -0.39 is 6.10 Å². The molecular formula is C11H16FNO3. The average molecular weight is 229 g/mol. The van der Waals surface area contributed by atoms with E-state index >= 15 is 0 Å². The van der Waals surface area contributed by atoms with Crippen LogP contribution in [0.5, 0.6) is 5.75 Å². The third kappa shape index (κ3) is 3.44. The molecule has 0 bridgehead atoms. The van der Waals surface area contributed by atoms with E-state index in [4.69, 9.17) is 20.7 Å². The van der Waals surface area contributed by atoms with E-state index in [-0.39, 0.29) is 25.1 Å². The monoisotopic (exact) mass is 229 g/mol. The first-order chi connectivity index (χ1) is 7.54. The number of nitrogens with two attached hydrogens (primary N) is 1. The van der Waals surface area contributed by atoms with Crippen molar-refractivity contribution in [3.05, 3.63) is 29.6 Å². The van der Waals surface area contributed by atoms with Gasteiger partial charge >= 0.3 is 0 Å². The van der Waals surface area contributed by atoms with Gasteiger partial charge in [0.15, 0.2) is 0 Å². The van der Waals surface area contributed by atoms with Crippen molar-refractivity contribution >= 4 is 0 Å². The largest absolute Gasteiger partial charge is 0.490 e. The maximum Gasteiger partial charge on any atom is 0.124 e. The Morgan fingerprint density at radius 1 is 1.50 bits per heavy atom. The molecule has 1 rings (SSSR count). The lowest BCUT2D eigenvalue weighted by atomic mass is 10.1. The van der Waals surface area contributed by atoms with Crippen LogP contribution in [0.15, 0.2) is 18.2 Å². The summed E-state index contributed by atoms with van der Waals surface area (Å²) >= 11 is 0. The molecule has 4 N–H and O–H groups in total. The lowest BCUT2D eigenvalue weighted by Gasteiger charge is -2.15. The number of aliphatic hydroxyl groups excluding tert-OH is 2. The summed E-state index contributed by atoms with van der Waals surface area (Å²) in [7, 11) is 0. The first kappa shape index (κ1) is 12.9. The van der Waals surface area contributed by atoms with Gasteiger partial charge in [-0.25, -0.2) is 4.39 Å². The van der Waals surface area contributed by atoms with Crippen molar-refractivity contribution in [2.75, 3.05) is 13.2 Å². The first-order valence-corrected chi connectivity index (χ1v) is 5.01. The van der Waals surface area contributed by atoms with E-state index in [1.165, 1.54) is 18.2 Å². The fourth-order valence-corrected chi connectivity index (χ4v) is 1.25. The zero-order valence-electron chi connectivity index (χ0n) is 9.06. The number of halogens is 1. The third-order valence-corrected chi connectivity index (χ3v) is 2.10. The molecule has 5 heteroatoms. The van der Waals surface area contributed by atoms with Gasteiger partial charge in [0, 0.05) is 11.6 Å². The topological polar surface area (TPSA) is 75.7 Å². The Morgan fingerprint density at radius 2 is 2.19 bits per heavy atom. The Balaban J connectivity index is 2.78. The fourth-order valence-electron chi connectivity index (χ4n) is 1.25. The molecule has 1 aromatic rings. The number of benzene rings is 1. The highest BCUT2D eigenvalue weighted by atomic mass is 19.1. The van der Waals surface area contributed by atoms with Crippen molar-refractivity contribution in [1.82, 2.24) is 0 Å². The fraction of sp³-hybridized carbons (Fsp3) is 0.455. The van der Waals surface area contributed by atoms with Crippen LogP contribution in [0.1, 0.15) is 18.5 Å². The van der Waals surface area contributed by atoms with E-state index in [0.29, 0.717) is 11.3 Å². The van der Waals surface area contributed by atoms with Crippen LogP contribution in [0.2, 0.25) is 0 Å². The maximum absolute atomic E-state index is 13.0. The predicted octanol–water partition coefficient (Wildman–Crippen LogP) is 0.577. The second-order valence-corrected chi connectivity index (χ2v) is 3.62. The molecule has 0 heterocycles. The van der Waals surface area contributed by atoms with Gasteiger partial charge in [-0.1, -0.05) is 0 Å². The zero-order chi connectivity index (χ0) is 12.1. The molecule has 0 fully saturated rings. The van der Waals surface area contributed by atoms with Crippen LogP contribution in [-0.2, 0) is 0 Å². The summed E-state index contributed by atoms with van der Waals surface area (Å²) in [5, 5.41) is 17.7. The Morgan fingerprint density at radius 3 is 2.75 bits per heavy atom. The maximum atomic E-state index is 13.0. The van der Waals surface area contributed by atoms with E-state index in [0.717, 1.165) is 0 Å². The normalized spacial score (nSPS) is 14.6. The van der Waals surface area contributed by atoms with Gasteiger partial charge in [-0.2, -0.15) is 0 Å². The molecule has 0 spiro atoms. The molecule has 0 saturated carbocycles. The minimum absolute atomic E-state index is 0.0537. The van der Waals surface area contributed by atoms with Crippen LogP contribution in [-0.4, -0.2) is 29.5 Å². The van der Waals surface area contributed by atoms with E-state index in [1.54, 1.807) is 6.92 Å². The quantitative estimate of drug-likeness (QED) is 0.690. The van der Waals surface area contributed by atoms with E-state index in [9.17, 15) is 4.39 Å². The number of hydrogen-bond donors (Lipinski definition) is 3. The molecule has 2 unspecified atom stereocenters. The number of rotatable bonds is 5. The zero-order valence-corrected chi connectivity index (χ0v) is 9.06. The number of aliphatic hydroxyl groups is 2.